The van der Waals surface area contributed by atoms with E-state index < -0.39 is 14.4 Å². The molecule has 2 heterocycles. The van der Waals surface area contributed by atoms with Crippen molar-refractivity contribution in [2.45, 2.75) is 52.1 Å². The molecular formula is C16H26N2O4Si. The summed E-state index contributed by atoms with van der Waals surface area (Å²) in [5.74, 6) is 1.06. The van der Waals surface area contributed by atoms with Crippen molar-refractivity contribution < 1.29 is 18.3 Å². The molecule has 2 aromatic heterocycles. The Morgan fingerprint density at radius 1 is 1.13 bits per heavy atom. The van der Waals surface area contributed by atoms with Crippen LogP contribution in [-0.4, -0.2) is 32.3 Å². The molecule has 0 aliphatic carbocycles. The summed E-state index contributed by atoms with van der Waals surface area (Å²) in [6.07, 6.45) is 0.976. The molecule has 2 aromatic rings. The molecular weight excluding hydrogens is 312 g/mol. The molecule has 23 heavy (non-hydrogen) atoms. The quantitative estimate of drug-likeness (QED) is 0.612. The van der Waals surface area contributed by atoms with Gasteiger partial charge in [-0.3, -0.25) is 0 Å². The highest BCUT2D eigenvalue weighted by molar-refractivity contribution is 6.92. The van der Waals surface area contributed by atoms with Gasteiger partial charge in [-0.05, 0) is 5.04 Å². The minimum Gasteiger partial charge on any atom is -0.450 e. The van der Waals surface area contributed by atoms with E-state index in [4.69, 9.17) is 18.3 Å². The molecule has 0 unspecified atom stereocenters. The van der Waals surface area contributed by atoms with E-state index >= 15 is 0 Å². The number of oxazole rings is 2. The molecule has 7 heteroatoms. The first-order valence-electron chi connectivity index (χ1n) is 7.61. The van der Waals surface area contributed by atoms with Crippen LogP contribution >= 0.6 is 0 Å². The van der Waals surface area contributed by atoms with Crippen molar-refractivity contribution >= 4 is 13.5 Å². The molecule has 0 bridgehead atoms. The van der Waals surface area contributed by atoms with Crippen molar-refractivity contribution in [3.05, 3.63) is 17.8 Å². The highest BCUT2D eigenvalue weighted by atomic mass is 28.3. The first-order valence-corrected chi connectivity index (χ1v) is 10.6. The minimum absolute atomic E-state index is 0.116. The van der Waals surface area contributed by atoms with E-state index in [1.807, 2.05) is 6.92 Å². The summed E-state index contributed by atoms with van der Waals surface area (Å²) >= 11 is 0. The highest BCUT2D eigenvalue weighted by Gasteiger charge is 2.43. The van der Waals surface area contributed by atoms with Gasteiger partial charge < -0.3 is 18.3 Å². The number of methoxy groups -OCH3 is 2. The SMILES string of the molecule is COC(OC)c1coc(-c2nc(C)oc2[Si](C)(C)C(C)(C)C)n1. The van der Waals surface area contributed by atoms with Crippen molar-refractivity contribution in [3.8, 4) is 11.6 Å². The predicted molar refractivity (Wildman–Crippen MR) is 90.3 cm³/mol. The Morgan fingerprint density at radius 3 is 2.26 bits per heavy atom. The molecule has 0 aromatic carbocycles. The van der Waals surface area contributed by atoms with Gasteiger partial charge in [0.25, 0.3) is 0 Å². The summed E-state index contributed by atoms with van der Waals surface area (Å²) in [7, 11) is 1.20. The molecule has 0 N–H and O–H groups in total. The fourth-order valence-electron chi connectivity index (χ4n) is 2.18. The summed E-state index contributed by atoms with van der Waals surface area (Å²) in [5, 5.41) is 1.02. The number of hydrogen-bond acceptors (Lipinski definition) is 6. The molecule has 128 valence electrons. The van der Waals surface area contributed by atoms with E-state index in [0.717, 1.165) is 5.38 Å². The number of hydrogen-bond donors (Lipinski definition) is 0. The standard InChI is InChI=1S/C16H26N2O4Si/c1-10-17-12(15(22-10)23(7,8)16(2,3)4)13-18-11(9-21-13)14(19-5)20-6/h9,14H,1-8H3. The van der Waals surface area contributed by atoms with E-state index in [-0.39, 0.29) is 5.04 Å². The number of aryl methyl sites for hydroxylation is 1. The van der Waals surface area contributed by atoms with Crippen LogP contribution in [0, 0.1) is 6.92 Å². The zero-order chi connectivity index (χ0) is 17.4. The first-order chi connectivity index (χ1) is 10.6. The van der Waals surface area contributed by atoms with Crippen LogP contribution in [0.2, 0.25) is 18.1 Å². The first kappa shape index (κ1) is 17.9. The highest BCUT2D eigenvalue weighted by Crippen LogP contribution is 2.37. The second-order valence-corrected chi connectivity index (χ2v) is 12.4. The minimum atomic E-state index is -1.91. The maximum atomic E-state index is 5.97. The molecule has 0 fully saturated rings. The van der Waals surface area contributed by atoms with E-state index in [2.05, 4.69) is 43.8 Å². The second-order valence-electron chi connectivity index (χ2n) is 7.17. The van der Waals surface area contributed by atoms with Crippen molar-refractivity contribution in [1.29, 1.82) is 0 Å². The van der Waals surface area contributed by atoms with Crippen LogP contribution in [0.1, 0.15) is 38.6 Å². The Bertz CT molecular complexity index is 666. The molecule has 0 aliphatic rings. The zero-order valence-electron chi connectivity index (χ0n) is 15.2. The van der Waals surface area contributed by atoms with Crippen LogP contribution in [0.3, 0.4) is 0 Å². The van der Waals surface area contributed by atoms with Crippen molar-refractivity contribution in [3.63, 3.8) is 0 Å². The Labute approximate surface area is 138 Å². The van der Waals surface area contributed by atoms with Gasteiger partial charge in [-0.25, -0.2) is 9.97 Å². The van der Waals surface area contributed by atoms with Crippen molar-refractivity contribution in [2.75, 3.05) is 14.2 Å². The largest absolute Gasteiger partial charge is 0.450 e. The Hall–Kier alpha value is -1.44. The van der Waals surface area contributed by atoms with Gasteiger partial charge in [-0.1, -0.05) is 33.9 Å². The predicted octanol–water partition coefficient (Wildman–Crippen LogP) is 3.64. The third-order valence-electron chi connectivity index (χ3n) is 4.57. The lowest BCUT2D eigenvalue weighted by Gasteiger charge is -2.34. The lowest BCUT2D eigenvalue weighted by Crippen LogP contribution is -2.49. The Balaban J connectivity index is 2.50. The van der Waals surface area contributed by atoms with Crippen LogP contribution in [0.4, 0.5) is 0 Å². The maximum Gasteiger partial charge on any atom is 0.248 e. The zero-order valence-corrected chi connectivity index (χ0v) is 16.2. The molecule has 0 amide bonds. The number of ether oxygens (including phenoxy) is 2. The summed E-state index contributed by atoms with van der Waals surface area (Å²) in [6.45, 7) is 13.1. The van der Waals surface area contributed by atoms with Gasteiger partial charge in [0.05, 0.1) is 0 Å². The van der Waals surface area contributed by atoms with Gasteiger partial charge in [0, 0.05) is 21.1 Å². The van der Waals surface area contributed by atoms with Gasteiger partial charge in [-0.2, -0.15) is 0 Å². The fraction of sp³-hybridized carbons (Fsp3) is 0.625. The van der Waals surface area contributed by atoms with E-state index in [1.54, 1.807) is 14.2 Å². The lowest BCUT2D eigenvalue weighted by atomic mass is 10.2. The van der Waals surface area contributed by atoms with E-state index in [1.165, 1.54) is 6.26 Å². The van der Waals surface area contributed by atoms with Gasteiger partial charge in [0.1, 0.15) is 25.4 Å². The summed E-state index contributed by atoms with van der Waals surface area (Å²) < 4.78 is 22.0. The number of aromatic nitrogens is 2. The monoisotopic (exact) mass is 338 g/mol. The third kappa shape index (κ3) is 3.27. The fourth-order valence-corrected chi connectivity index (χ4v) is 4.02. The average molecular weight is 338 g/mol. The van der Waals surface area contributed by atoms with Crippen LogP contribution in [-0.2, 0) is 9.47 Å². The summed E-state index contributed by atoms with van der Waals surface area (Å²) in [4.78, 5) is 8.99. The van der Waals surface area contributed by atoms with Crippen molar-refractivity contribution in [2.24, 2.45) is 0 Å². The number of nitrogens with zero attached hydrogens (tertiary/aromatic N) is 2. The van der Waals surface area contributed by atoms with Gasteiger partial charge in [0.2, 0.25) is 12.2 Å². The molecule has 0 aliphatic heterocycles. The van der Waals surface area contributed by atoms with Crippen LogP contribution in [0.25, 0.3) is 11.6 Å². The molecule has 0 radical (unpaired) electrons. The van der Waals surface area contributed by atoms with Crippen molar-refractivity contribution in [1.82, 2.24) is 9.97 Å². The van der Waals surface area contributed by atoms with E-state index in [9.17, 15) is 0 Å². The van der Waals surface area contributed by atoms with E-state index in [0.29, 0.717) is 23.2 Å². The molecule has 0 atom stereocenters. The summed E-state index contributed by atoms with van der Waals surface area (Å²) in [5.41, 5.74) is 1.26. The number of rotatable bonds is 5. The van der Waals surface area contributed by atoms with Crippen LogP contribution in [0.15, 0.2) is 15.1 Å². The van der Waals surface area contributed by atoms with Gasteiger partial charge in [-0.15, -0.1) is 0 Å². The molecule has 0 saturated heterocycles. The second kappa shape index (κ2) is 6.22. The normalized spacial score (nSPS) is 13.1. The average Bonchev–Trinajstić information content (AvgIpc) is 3.06. The lowest BCUT2D eigenvalue weighted by molar-refractivity contribution is -0.108. The smallest absolute Gasteiger partial charge is 0.248 e. The van der Waals surface area contributed by atoms with Crippen LogP contribution in [0.5, 0.6) is 0 Å². The maximum absolute atomic E-state index is 5.97. The molecule has 0 saturated carbocycles. The topological polar surface area (TPSA) is 70.5 Å². The molecule has 6 nitrogen and oxygen atoms in total. The van der Waals surface area contributed by atoms with Gasteiger partial charge >= 0.3 is 0 Å². The van der Waals surface area contributed by atoms with Crippen LogP contribution < -0.4 is 5.38 Å². The molecule has 0 spiro atoms. The third-order valence-corrected chi connectivity index (χ3v) is 9.80. The summed E-state index contributed by atoms with van der Waals surface area (Å²) in [6, 6.07) is 0. The Kier molecular flexibility index (Phi) is 4.84. The molecule has 2 rings (SSSR count). The Morgan fingerprint density at radius 2 is 1.74 bits per heavy atom. The van der Waals surface area contributed by atoms with Gasteiger partial charge in [0.15, 0.2) is 11.6 Å².